The van der Waals surface area contributed by atoms with Crippen LogP contribution >= 0.6 is 63.7 Å². The standard InChI is InChI=1S/C24H13Br4N3O7/c1-38-14-8-4-11(5-9-14)15(32)10-29(22(33)12-2-6-13(7-3-12)31(36)37)30-23(34)16-17(24(30)35)19(26)21(28)20(27)18(16)25/h2-9H,10H2,1H3. The molecule has 3 aromatic carbocycles. The number of Topliss-reactive ketones (excluding diaryl/α,β-unsaturated/α-hetero) is 1. The van der Waals surface area contributed by atoms with Crippen LogP contribution in [0.15, 0.2) is 66.4 Å². The van der Waals surface area contributed by atoms with Gasteiger partial charge in [-0.3, -0.25) is 29.3 Å². The van der Waals surface area contributed by atoms with E-state index in [4.69, 9.17) is 4.74 Å². The van der Waals surface area contributed by atoms with E-state index in [0.29, 0.717) is 19.7 Å². The van der Waals surface area contributed by atoms with Crippen LogP contribution in [0.2, 0.25) is 0 Å². The molecule has 0 atom stereocenters. The van der Waals surface area contributed by atoms with E-state index in [1.807, 2.05) is 0 Å². The highest BCUT2D eigenvalue weighted by atomic mass is 79.9. The number of nitrogens with zero attached hydrogens (tertiary/aromatic N) is 3. The maximum absolute atomic E-state index is 13.6. The van der Waals surface area contributed by atoms with Gasteiger partial charge >= 0.3 is 0 Å². The van der Waals surface area contributed by atoms with Gasteiger partial charge < -0.3 is 4.74 Å². The average Bonchev–Trinajstić information content (AvgIpc) is 3.18. The summed E-state index contributed by atoms with van der Waals surface area (Å²) in [6.07, 6.45) is 0. The molecule has 0 unspecified atom stereocenters. The number of benzene rings is 3. The van der Waals surface area contributed by atoms with Crippen LogP contribution in [0.4, 0.5) is 5.69 Å². The van der Waals surface area contributed by atoms with Crippen LogP contribution in [-0.2, 0) is 0 Å². The van der Waals surface area contributed by atoms with Gasteiger partial charge in [-0.1, -0.05) is 0 Å². The molecule has 0 saturated heterocycles. The number of non-ortho nitro benzene ring substituents is 1. The van der Waals surface area contributed by atoms with Gasteiger partial charge in [-0.25, -0.2) is 5.01 Å². The van der Waals surface area contributed by atoms with Crippen molar-refractivity contribution in [1.29, 1.82) is 0 Å². The van der Waals surface area contributed by atoms with Crippen LogP contribution < -0.4 is 4.74 Å². The van der Waals surface area contributed by atoms with Crippen molar-refractivity contribution in [3.8, 4) is 5.75 Å². The molecule has 3 amide bonds. The molecule has 0 fully saturated rings. The number of amides is 3. The monoisotopic (exact) mass is 771 g/mol. The molecule has 0 aromatic heterocycles. The van der Waals surface area contributed by atoms with Crippen molar-refractivity contribution < 1.29 is 28.8 Å². The van der Waals surface area contributed by atoms with Gasteiger partial charge in [0.05, 0.1) is 23.2 Å². The maximum atomic E-state index is 13.6. The van der Waals surface area contributed by atoms with Gasteiger partial charge in [0, 0.05) is 41.2 Å². The summed E-state index contributed by atoms with van der Waals surface area (Å²) in [5, 5.41) is 12.4. The summed E-state index contributed by atoms with van der Waals surface area (Å²) in [7, 11) is 1.47. The zero-order valence-corrected chi connectivity index (χ0v) is 25.4. The van der Waals surface area contributed by atoms with Crippen molar-refractivity contribution >= 4 is 92.9 Å². The lowest BCUT2D eigenvalue weighted by atomic mass is 10.1. The summed E-state index contributed by atoms with van der Waals surface area (Å²) in [5.41, 5.74) is -0.164. The number of hydrogen-bond donors (Lipinski definition) is 0. The third-order valence-electron chi connectivity index (χ3n) is 5.59. The first-order chi connectivity index (χ1) is 18.0. The Morgan fingerprint density at radius 1 is 0.842 bits per heavy atom. The highest BCUT2D eigenvalue weighted by Gasteiger charge is 2.46. The fourth-order valence-corrected chi connectivity index (χ4v) is 6.13. The number of nitro benzene ring substituents is 1. The van der Waals surface area contributed by atoms with E-state index >= 15 is 0 Å². The summed E-state index contributed by atoms with van der Waals surface area (Å²) in [5.74, 6) is -2.64. The van der Waals surface area contributed by atoms with Crippen molar-refractivity contribution in [3.05, 3.63) is 98.8 Å². The Balaban J connectivity index is 1.79. The number of carbonyl (C=O) groups excluding carboxylic acids is 4. The summed E-state index contributed by atoms with van der Waals surface area (Å²) in [4.78, 5) is 64.4. The quantitative estimate of drug-likeness (QED) is 0.0700. The molecular weight excluding hydrogens is 762 g/mol. The number of ketones is 1. The van der Waals surface area contributed by atoms with Crippen LogP contribution in [0.3, 0.4) is 0 Å². The molecule has 0 aliphatic carbocycles. The number of ether oxygens (including phenoxy) is 1. The fourth-order valence-electron chi connectivity index (χ4n) is 3.67. The molecule has 1 aliphatic rings. The number of methoxy groups -OCH3 is 1. The Morgan fingerprint density at radius 3 is 1.76 bits per heavy atom. The van der Waals surface area contributed by atoms with Gasteiger partial charge in [-0.05, 0) is 100 Å². The number of fused-ring (bicyclic) bond motifs is 1. The first-order valence-electron chi connectivity index (χ1n) is 10.5. The van der Waals surface area contributed by atoms with Crippen molar-refractivity contribution in [2.75, 3.05) is 13.7 Å². The van der Waals surface area contributed by atoms with Gasteiger partial charge in [-0.15, -0.1) is 0 Å². The molecule has 1 aliphatic heterocycles. The molecule has 14 heteroatoms. The first-order valence-corrected chi connectivity index (χ1v) is 13.6. The smallest absolute Gasteiger partial charge is 0.282 e. The molecule has 0 radical (unpaired) electrons. The van der Waals surface area contributed by atoms with Crippen molar-refractivity contribution in [2.45, 2.75) is 0 Å². The Hall–Kier alpha value is -2.94. The minimum atomic E-state index is -0.887. The number of halogens is 4. The van der Waals surface area contributed by atoms with E-state index in [0.717, 1.165) is 17.1 Å². The predicted octanol–water partition coefficient (Wildman–Crippen LogP) is 6.19. The second-order valence-corrected chi connectivity index (χ2v) is 10.9. The Morgan fingerprint density at radius 2 is 1.32 bits per heavy atom. The SMILES string of the molecule is COc1ccc(C(=O)CN(C(=O)c2ccc([N+](=O)[O-])cc2)N2C(=O)c3c(Br)c(Br)c(Br)c(Br)c3C2=O)cc1. The molecular formula is C24H13Br4N3O7. The van der Waals surface area contributed by atoms with Crippen LogP contribution in [0.25, 0.3) is 0 Å². The molecule has 38 heavy (non-hydrogen) atoms. The number of nitro groups is 1. The molecule has 0 N–H and O–H groups in total. The molecule has 1 heterocycles. The van der Waals surface area contributed by atoms with E-state index in [9.17, 15) is 29.3 Å². The predicted molar refractivity (Wildman–Crippen MR) is 149 cm³/mol. The van der Waals surface area contributed by atoms with Gasteiger partial charge in [0.2, 0.25) is 0 Å². The molecule has 0 saturated carbocycles. The summed E-state index contributed by atoms with van der Waals surface area (Å²) >= 11 is 13.3. The van der Waals surface area contributed by atoms with E-state index in [1.165, 1.54) is 31.4 Å². The van der Waals surface area contributed by atoms with Crippen molar-refractivity contribution in [2.24, 2.45) is 0 Å². The molecule has 4 rings (SSSR count). The normalized spacial score (nSPS) is 12.4. The third-order valence-corrected chi connectivity index (χ3v) is 10.4. The van der Waals surface area contributed by atoms with Gasteiger partial charge in [-0.2, -0.15) is 5.01 Å². The van der Waals surface area contributed by atoms with E-state index in [2.05, 4.69) is 63.7 Å². The molecule has 0 spiro atoms. The lowest BCUT2D eigenvalue weighted by molar-refractivity contribution is -0.384. The second-order valence-electron chi connectivity index (χ2n) is 7.75. The van der Waals surface area contributed by atoms with Gasteiger partial charge in [0.15, 0.2) is 5.78 Å². The summed E-state index contributed by atoms with van der Waals surface area (Å²) in [6.45, 7) is -0.675. The Bertz CT molecular complexity index is 1480. The van der Waals surface area contributed by atoms with Gasteiger partial charge in [0.25, 0.3) is 23.4 Å². The zero-order chi connectivity index (χ0) is 27.9. The average molecular weight is 775 g/mol. The van der Waals surface area contributed by atoms with E-state index in [1.54, 1.807) is 12.1 Å². The highest BCUT2D eigenvalue weighted by molar-refractivity contribution is 9.15. The maximum Gasteiger partial charge on any atom is 0.282 e. The fraction of sp³-hybridized carbons (Fsp3) is 0.0833. The number of imide groups is 1. The molecule has 0 bridgehead atoms. The van der Waals surface area contributed by atoms with Crippen LogP contribution in [-0.4, -0.2) is 52.1 Å². The minimum Gasteiger partial charge on any atom is -0.497 e. The highest BCUT2D eigenvalue weighted by Crippen LogP contribution is 2.45. The van der Waals surface area contributed by atoms with Crippen LogP contribution in [0, 0.1) is 10.1 Å². The molecule has 3 aromatic rings. The van der Waals surface area contributed by atoms with E-state index in [-0.39, 0.29) is 36.9 Å². The summed E-state index contributed by atoms with van der Waals surface area (Å²) < 4.78 is 6.55. The van der Waals surface area contributed by atoms with Crippen LogP contribution in [0.1, 0.15) is 41.4 Å². The van der Waals surface area contributed by atoms with Gasteiger partial charge in [0.1, 0.15) is 12.3 Å². The number of carbonyl (C=O) groups is 4. The Kier molecular flexibility index (Phi) is 8.16. The lowest BCUT2D eigenvalue weighted by Crippen LogP contribution is -2.51. The van der Waals surface area contributed by atoms with Crippen LogP contribution in [0.5, 0.6) is 5.75 Å². The molecule has 10 nitrogen and oxygen atoms in total. The largest absolute Gasteiger partial charge is 0.497 e. The number of rotatable bonds is 7. The minimum absolute atomic E-state index is 0.0182. The van der Waals surface area contributed by atoms with Crippen molar-refractivity contribution in [1.82, 2.24) is 10.0 Å². The number of hydrogen-bond acceptors (Lipinski definition) is 7. The topological polar surface area (TPSA) is 127 Å². The Labute approximate surface area is 248 Å². The molecule has 194 valence electrons. The second kappa shape index (κ2) is 11.0. The summed E-state index contributed by atoms with van der Waals surface area (Å²) in [6, 6.07) is 10.7. The number of hydrazine groups is 1. The lowest BCUT2D eigenvalue weighted by Gasteiger charge is -2.29. The third kappa shape index (κ3) is 4.93. The van der Waals surface area contributed by atoms with E-state index < -0.39 is 35.0 Å². The first kappa shape index (κ1) is 28.1. The van der Waals surface area contributed by atoms with Crippen molar-refractivity contribution in [3.63, 3.8) is 0 Å². The zero-order valence-electron chi connectivity index (χ0n) is 19.0.